The first-order valence-corrected chi connectivity index (χ1v) is 7.57. The summed E-state index contributed by atoms with van der Waals surface area (Å²) in [6.45, 7) is 2.66. The van der Waals surface area contributed by atoms with Crippen LogP contribution in [0.4, 0.5) is 11.4 Å². The molecule has 2 rings (SSSR count). The summed E-state index contributed by atoms with van der Waals surface area (Å²) in [6, 6.07) is 4.63. The maximum absolute atomic E-state index is 11.9. The molecule has 1 aromatic rings. The Morgan fingerprint density at radius 1 is 1.52 bits per heavy atom. The molecule has 3 N–H and O–H groups in total. The third-order valence-electron chi connectivity index (χ3n) is 3.52. The van der Waals surface area contributed by atoms with Crippen molar-refractivity contribution in [1.82, 2.24) is 0 Å². The fourth-order valence-corrected chi connectivity index (χ4v) is 2.67. The van der Waals surface area contributed by atoms with Gasteiger partial charge in [-0.1, -0.05) is 24.9 Å². The van der Waals surface area contributed by atoms with Crippen molar-refractivity contribution in [3.8, 4) is 0 Å². The third kappa shape index (κ3) is 3.74. The Morgan fingerprint density at radius 2 is 2.29 bits per heavy atom. The number of nitrogens with one attached hydrogen (secondary N) is 1. The van der Waals surface area contributed by atoms with Gasteiger partial charge in [0.05, 0.1) is 16.8 Å². The highest BCUT2D eigenvalue weighted by molar-refractivity contribution is 6.34. The molecule has 2 amide bonds. The van der Waals surface area contributed by atoms with Gasteiger partial charge >= 0.3 is 0 Å². The van der Waals surface area contributed by atoms with Gasteiger partial charge in [-0.05, 0) is 31.0 Å². The van der Waals surface area contributed by atoms with Gasteiger partial charge < -0.3 is 16.0 Å². The molecule has 1 unspecified atom stereocenters. The molecule has 0 spiro atoms. The number of benzene rings is 1. The molecule has 1 aliphatic rings. The Balaban J connectivity index is 2.08. The van der Waals surface area contributed by atoms with Gasteiger partial charge in [-0.25, -0.2) is 0 Å². The lowest BCUT2D eigenvalue weighted by Crippen LogP contribution is -2.35. The van der Waals surface area contributed by atoms with Gasteiger partial charge in [-0.15, -0.1) is 0 Å². The molecule has 0 saturated carbocycles. The van der Waals surface area contributed by atoms with E-state index in [4.69, 9.17) is 17.3 Å². The predicted octanol–water partition coefficient (Wildman–Crippen LogP) is 2.53. The second-order valence-electron chi connectivity index (χ2n) is 5.20. The SMILES string of the molecule is CCCC(N)C(=O)Nc1ccc(N2CCCC2=O)c(Cl)c1. The lowest BCUT2D eigenvalue weighted by molar-refractivity contribution is -0.118. The first-order valence-electron chi connectivity index (χ1n) is 7.19. The van der Waals surface area contributed by atoms with E-state index < -0.39 is 6.04 Å². The number of nitrogens with zero attached hydrogens (tertiary/aromatic N) is 1. The summed E-state index contributed by atoms with van der Waals surface area (Å²) in [4.78, 5) is 25.3. The molecule has 114 valence electrons. The van der Waals surface area contributed by atoms with Gasteiger partial charge in [0.15, 0.2) is 0 Å². The van der Waals surface area contributed by atoms with Crippen LogP contribution < -0.4 is 16.0 Å². The first kappa shape index (κ1) is 15.8. The van der Waals surface area contributed by atoms with Crippen molar-refractivity contribution in [2.45, 2.75) is 38.6 Å². The van der Waals surface area contributed by atoms with Crippen LogP contribution >= 0.6 is 11.6 Å². The maximum Gasteiger partial charge on any atom is 0.241 e. The topological polar surface area (TPSA) is 75.4 Å². The van der Waals surface area contributed by atoms with Crippen molar-refractivity contribution in [1.29, 1.82) is 0 Å². The molecule has 21 heavy (non-hydrogen) atoms. The summed E-state index contributed by atoms with van der Waals surface area (Å²) in [5, 5.41) is 3.20. The predicted molar refractivity (Wildman–Crippen MR) is 84.6 cm³/mol. The van der Waals surface area contributed by atoms with Crippen LogP contribution in [-0.2, 0) is 9.59 Å². The Labute approximate surface area is 129 Å². The highest BCUT2D eigenvalue weighted by Gasteiger charge is 2.23. The molecule has 0 radical (unpaired) electrons. The fourth-order valence-electron chi connectivity index (χ4n) is 2.38. The van der Waals surface area contributed by atoms with E-state index in [0.717, 1.165) is 12.8 Å². The van der Waals surface area contributed by atoms with Gasteiger partial charge in [-0.2, -0.15) is 0 Å². The largest absolute Gasteiger partial charge is 0.325 e. The summed E-state index contributed by atoms with van der Waals surface area (Å²) in [5.41, 5.74) is 7.04. The van der Waals surface area contributed by atoms with Crippen LogP contribution in [0.15, 0.2) is 18.2 Å². The molecular formula is C15H20ClN3O2. The number of amides is 2. The van der Waals surface area contributed by atoms with Crippen molar-refractivity contribution in [2.24, 2.45) is 5.73 Å². The summed E-state index contributed by atoms with van der Waals surface area (Å²) in [7, 11) is 0. The van der Waals surface area contributed by atoms with Gasteiger partial charge in [-0.3, -0.25) is 9.59 Å². The molecule has 0 aliphatic carbocycles. The minimum atomic E-state index is -0.520. The van der Waals surface area contributed by atoms with E-state index in [9.17, 15) is 9.59 Å². The molecule has 1 aromatic carbocycles. The minimum Gasteiger partial charge on any atom is -0.325 e. The van der Waals surface area contributed by atoms with Crippen LogP contribution in [0, 0.1) is 0 Å². The van der Waals surface area contributed by atoms with E-state index in [0.29, 0.717) is 35.8 Å². The molecule has 0 aromatic heterocycles. The first-order chi connectivity index (χ1) is 10.0. The smallest absolute Gasteiger partial charge is 0.241 e. The van der Waals surface area contributed by atoms with Crippen LogP contribution in [0.2, 0.25) is 5.02 Å². The second-order valence-corrected chi connectivity index (χ2v) is 5.61. The number of nitrogens with two attached hydrogens (primary N) is 1. The monoisotopic (exact) mass is 309 g/mol. The molecule has 1 heterocycles. The number of carbonyl (C=O) groups excluding carboxylic acids is 2. The van der Waals surface area contributed by atoms with E-state index in [1.807, 2.05) is 6.92 Å². The summed E-state index contributed by atoms with van der Waals surface area (Å²) >= 11 is 6.22. The Bertz CT molecular complexity index is 548. The highest BCUT2D eigenvalue weighted by Crippen LogP contribution is 2.31. The number of anilines is 2. The van der Waals surface area contributed by atoms with Crippen LogP contribution in [0.25, 0.3) is 0 Å². The second kappa shape index (κ2) is 6.91. The number of rotatable bonds is 5. The lowest BCUT2D eigenvalue weighted by atomic mass is 10.1. The van der Waals surface area contributed by atoms with Crippen molar-refractivity contribution in [3.05, 3.63) is 23.2 Å². The number of carbonyl (C=O) groups is 2. The normalized spacial score (nSPS) is 16.1. The van der Waals surface area contributed by atoms with Gasteiger partial charge in [0.1, 0.15) is 0 Å². The highest BCUT2D eigenvalue weighted by atomic mass is 35.5. The number of hydrogen-bond acceptors (Lipinski definition) is 3. The molecule has 6 heteroatoms. The summed E-state index contributed by atoms with van der Waals surface area (Å²) in [6.07, 6.45) is 2.89. The van der Waals surface area contributed by atoms with Crippen molar-refractivity contribution in [2.75, 3.05) is 16.8 Å². The van der Waals surface area contributed by atoms with Crippen LogP contribution in [0.5, 0.6) is 0 Å². The molecule has 1 saturated heterocycles. The van der Waals surface area contributed by atoms with E-state index >= 15 is 0 Å². The average Bonchev–Trinajstić information content (AvgIpc) is 2.85. The fraction of sp³-hybridized carbons (Fsp3) is 0.467. The number of hydrogen-bond donors (Lipinski definition) is 2. The molecule has 1 fully saturated rings. The third-order valence-corrected chi connectivity index (χ3v) is 3.82. The molecule has 5 nitrogen and oxygen atoms in total. The van der Waals surface area contributed by atoms with Gasteiger partial charge in [0.2, 0.25) is 11.8 Å². The zero-order valence-corrected chi connectivity index (χ0v) is 12.8. The van der Waals surface area contributed by atoms with Crippen molar-refractivity contribution >= 4 is 34.8 Å². The van der Waals surface area contributed by atoms with E-state index in [1.54, 1.807) is 23.1 Å². The molecular weight excluding hydrogens is 290 g/mol. The van der Waals surface area contributed by atoms with Crippen molar-refractivity contribution in [3.63, 3.8) is 0 Å². The molecule has 0 bridgehead atoms. The standard InChI is InChI=1S/C15H20ClN3O2/c1-2-4-12(17)15(21)18-10-6-7-13(11(16)9-10)19-8-3-5-14(19)20/h6-7,9,12H,2-5,8,17H2,1H3,(H,18,21). The zero-order valence-electron chi connectivity index (χ0n) is 12.1. The van der Waals surface area contributed by atoms with E-state index in [-0.39, 0.29) is 11.8 Å². The van der Waals surface area contributed by atoms with Crippen LogP contribution in [0.1, 0.15) is 32.6 Å². The Morgan fingerprint density at radius 3 is 2.86 bits per heavy atom. The average molecular weight is 310 g/mol. The zero-order chi connectivity index (χ0) is 15.4. The lowest BCUT2D eigenvalue weighted by Gasteiger charge is -2.18. The molecule has 1 atom stereocenters. The molecule has 1 aliphatic heterocycles. The number of halogens is 1. The van der Waals surface area contributed by atoms with Crippen LogP contribution in [0.3, 0.4) is 0 Å². The van der Waals surface area contributed by atoms with E-state index in [1.165, 1.54) is 0 Å². The quantitative estimate of drug-likeness (QED) is 0.877. The van der Waals surface area contributed by atoms with Crippen LogP contribution in [-0.4, -0.2) is 24.4 Å². The Kier molecular flexibility index (Phi) is 5.20. The summed E-state index contributed by atoms with van der Waals surface area (Å²) < 4.78 is 0. The maximum atomic E-state index is 11.9. The van der Waals surface area contributed by atoms with Gasteiger partial charge in [0.25, 0.3) is 0 Å². The van der Waals surface area contributed by atoms with Gasteiger partial charge in [0, 0.05) is 18.7 Å². The minimum absolute atomic E-state index is 0.0821. The Hall–Kier alpha value is -1.59. The summed E-state index contributed by atoms with van der Waals surface area (Å²) in [5.74, 6) is -0.142. The van der Waals surface area contributed by atoms with Crippen molar-refractivity contribution < 1.29 is 9.59 Å². The van der Waals surface area contributed by atoms with E-state index in [2.05, 4.69) is 5.32 Å².